The van der Waals surface area contributed by atoms with Crippen LogP contribution >= 0.6 is 0 Å². The molecule has 4 rings (SSSR count). The Balaban J connectivity index is 1.33. The van der Waals surface area contributed by atoms with Gasteiger partial charge in [-0.3, -0.25) is 19.3 Å². The minimum Gasteiger partial charge on any atom is -0.495 e. The van der Waals surface area contributed by atoms with Crippen LogP contribution in [0.25, 0.3) is 0 Å². The lowest BCUT2D eigenvalue weighted by Crippen LogP contribution is -2.51. The molecule has 9 nitrogen and oxygen atoms in total. The third kappa shape index (κ3) is 4.52. The second kappa shape index (κ2) is 8.93. The molecule has 1 aliphatic carbocycles. The van der Waals surface area contributed by atoms with Crippen molar-refractivity contribution in [3.8, 4) is 5.75 Å². The van der Waals surface area contributed by atoms with Crippen molar-refractivity contribution in [1.82, 2.24) is 15.5 Å². The van der Waals surface area contributed by atoms with Crippen molar-refractivity contribution >= 4 is 29.4 Å². The van der Waals surface area contributed by atoms with E-state index in [1.807, 2.05) is 37.3 Å². The second-order valence-corrected chi connectivity index (χ2v) is 8.38. The molecule has 1 spiro atoms. The van der Waals surface area contributed by atoms with E-state index in [0.29, 0.717) is 30.7 Å². The molecule has 3 N–H and O–H groups in total. The van der Waals surface area contributed by atoms with Gasteiger partial charge in [-0.15, -0.1) is 0 Å². The highest BCUT2D eigenvalue weighted by Crippen LogP contribution is 2.33. The van der Waals surface area contributed by atoms with Crippen LogP contribution < -0.4 is 20.7 Å². The zero-order chi connectivity index (χ0) is 23.6. The van der Waals surface area contributed by atoms with Crippen LogP contribution in [0.2, 0.25) is 0 Å². The average Bonchev–Trinajstić information content (AvgIpc) is 3.01. The molecule has 1 unspecified atom stereocenters. The molecule has 5 amide bonds. The van der Waals surface area contributed by atoms with Gasteiger partial charge in [0.2, 0.25) is 11.8 Å². The summed E-state index contributed by atoms with van der Waals surface area (Å²) in [5.41, 5.74) is 2.59. The van der Waals surface area contributed by atoms with Gasteiger partial charge in [-0.05, 0) is 48.6 Å². The highest BCUT2D eigenvalue weighted by atomic mass is 16.5. The average molecular weight is 450 g/mol. The lowest BCUT2D eigenvalue weighted by molar-refractivity contribution is -0.135. The molecule has 0 saturated carbocycles. The predicted octanol–water partition coefficient (Wildman–Crippen LogP) is 1.54. The number of nitrogens with one attached hydrogen (secondary N) is 3. The minimum atomic E-state index is -1.02. The van der Waals surface area contributed by atoms with Crippen LogP contribution in [0.5, 0.6) is 5.75 Å². The summed E-state index contributed by atoms with van der Waals surface area (Å²) in [7, 11) is 1.50. The Morgan fingerprint density at radius 3 is 2.64 bits per heavy atom. The Morgan fingerprint density at radius 2 is 1.88 bits per heavy atom. The van der Waals surface area contributed by atoms with Crippen molar-refractivity contribution < 1.29 is 23.9 Å². The van der Waals surface area contributed by atoms with Crippen LogP contribution in [-0.4, -0.2) is 54.4 Å². The molecule has 0 aromatic heterocycles. The van der Waals surface area contributed by atoms with E-state index >= 15 is 0 Å². The van der Waals surface area contributed by atoms with Gasteiger partial charge in [-0.2, -0.15) is 0 Å². The zero-order valence-electron chi connectivity index (χ0n) is 18.6. The largest absolute Gasteiger partial charge is 0.495 e. The first kappa shape index (κ1) is 22.3. The molecule has 2 aromatic rings. The maximum Gasteiger partial charge on any atom is 0.325 e. The van der Waals surface area contributed by atoms with Crippen molar-refractivity contribution in [1.29, 1.82) is 0 Å². The summed E-state index contributed by atoms with van der Waals surface area (Å²) in [5, 5.41) is 7.95. The van der Waals surface area contributed by atoms with Crippen LogP contribution in [0.4, 0.5) is 10.5 Å². The van der Waals surface area contributed by atoms with Gasteiger partial charge in [0.05, 0.1) is 19.3 Å². The number of hydrogen-bond donors (Lipinski definition) is 3. The molecule has 0 bridgehead atoms. The molecule has 33 heavy (non-hydrogen) atoms. The van der Waals surface area contributed by atoms with Gasteiger partial charge in [0, 0.05) is 6.42 Å². The molecule has 1 atom stereocenters. The van der Waals surface area contributed by atoms with E-state index in [0.717, 1.165) is 21.6 Å². The number of aryl methyl sites for hydroxylation is 2. The van der Waals surface area contributed by atoms with Crippen LogP contribution in [0.3, 0.4) is 0 Å². The summed E-state index contributed by atoms with van der Waals surface area (Å²) >= 11 is 0. The van der Waals surface area contributed by atoms with Gasteiger partial charge >= 0.3 is 6.03 Å². The summed E-state index contributed by atoms with van der Waals surface area (Å²) < 4.78 is 5.23. The van der Waals surface area contributed by atoms with Crippen LogP contribution in [-0.2, 0) is 27.2 Å². The number of carbonyl (C=O) groups is 4. The highest BCUT2D eigenvalue weighted by molar-refractivity contribution is 6.09. The van der Waals surface area contributed by atoms with Gasteiger partial charge in [0.1, 0.15) is 17.8 Å². The lowest BCUT2D eigenvalue weighted by atomic mass is 9.78. The number of nitrogens with zero attached hydrogens (tertiary/aromatic N) is 1. The van der Waals surface area contributed by atoms with E-state index in [-0.39, 0.29) is 6.54 Å². The fourth-order valence-corrected chi connectivity index (χ4v) is 4.34. The fourth-order valence-electron chi connectivity index (χ4n) is 4.34. The van der Waals surface area contributed by atoms with Crippen LogP contribution in [0.1, 0.15) is 23.1 Å². The van der Waals surface area contributed by atoms with Crippen molar-refractivity contribution in [2.75, 3.05) is 25.5 Å². The number of anilines is 1. The van der Waals surface area contributed by atoms with Crippen molar-refractivity contribution in [3.63, 3.8) is 0 Å². The summed E-state index contributed by atoms with van der Waals surface area (Å²) in [4.78, 5) is 51.2. The van der Waals surface area contributed by atoms with Crippen molar-refractivity contribution in [3.05, 3.63) is 59.2 Å². The number of urea groups is 1. The summed E-state index contributed by atoms with van der Waals surface area (Å²) in [6.07, 6.45) is 1.55. The quantitative estimate of drug-likeness (QED) is 0.577. The standard InChI is InChI=1S/C24H26N4O5/c1-15-7-8-19(33-2)18(11-15)26-20(29)13-25-21(30)14-28-22(31)24(27-23(28)32)10-9-16-5-3-4-6-17(16)12-24/h3-8,11H,9-10,12-14H2,1-2H3,(H,25,30)(H,26,29)(H,27,32). The highest BCUT2D eigenvalue weighted by Gasteiger charge is 2.52. The maximum absolute atomic E-state index is 13.1. The van der Waals surface area contributed by atoms with E-state index < -0.39 is 35.8 Å². The molecular formula is C24H26N4O5. The molecule has 1 aliphatic heterocycles. The van der Waals surface area contributed by atoms with E-state index in [9.17, 15) is 19.2 Å². The number of amides is 5. The molecule has 1 saturated heterocycles. The third-order valence-electron chi connectivity index (χ3n) is 6.05. The normalized spacial score (nSPS) is 19.2. The van der Waals surface area contributed by atoms with E-state index in [1.54, 1.807) is 12.1 Å². The molecule has 0 radical (unpaired) electrons. The number of imide groups is 1. The minimum absolute atomic E-state index is 0.307. The van der Waals surface area contributed by atoms with E-state index in [2.05, 4.69) is 16.0 Å². The summed E-state index contributed by atoms with van der Waals surface area (Å²) in [6.45, 7) is 1.12. The molecule has 2 aliphatic rings. The monoisotopic (exact) mass is 450 g/mol. The molecule has 1 heterocycles. The number of methoxy groups -OCH3 is 1. The first-order valence-corrected chi connectivity index (χ1v) is 10.7. The van der Waals surface area contributed by atoms with Crippen molar-refractivity contribution in [2.24, 2.45) is 0 Å². The Bertz CT molecular complexity index is 1130. The number of rotatable bonds is 6. The molecule has 1 fully saturated rings. The zero-order valence-corrected chi connectivity index (χ0v) is 18.6. The number of benzene rings is 2. The van der Waals surface area contributed by atoms with Gasteiger partial charge in [0.15, 0.2) is 0 Å². The Morgan fingerprint density at radius 1 is 1.12 bits per heavy atom. The van der Waals surface area contributed by atoms with Gasteiger partial charge < -0.3 is 20.7 Å². The molecular weight excluding hydrogens is 424 g/mol. The smallest absolute Gasteiger partial charge is 0.325 e. The Labute approximate surface area is 191 Å². The number of carbonyl (C=O) groups excluding carboxylic acids is 4. The molecule has 9 heteroatoms. The van der Waals surface area contributed by atoms with Crippen LogP contribution in [0, 0.1) is 6.92 Å². The van der Waals surface area contributed by atoms with Gasteiger partial charge in [-0.1, -0.05) is 30.3 Å². The van der Waals surface area contributed by atoms with E-state index in [4.69, 9.17) is 4.74 Å². The van der Waals surface area contributed by atoms with Gasteiger partial charge in [-0.25, -0.2) is 4.79 Å². The first-order chi connectivity index (χ1) is 15.8. The Kier molecular flexibility index (Phi) is 6.04. The number of hydrogen-bond acceptors (Lipinski definition) is 5. The number of fused-ring (bicyclic) bond motifs is 1. The second-order valence-electron chi connectivity index (χ2n) is 8.38. The van der Waals surface area contributed by atoms with Gasteiger partial charge in [0.25, 0.3) is 5.91 Å². The topological polar surface area (TPSA) is 117 Å². The lowest BCUT2D eigenvalue weighted by Gasteiger charge is -2.32. The maximum atomic E-state index is 13.1. The van der Waals surface area contributed by atoms with E-state index in [1.165, 1.54) is 7.11 Å². The fraction of sp³-hybridized carbons (Fsp3) is 0.333. The summed E-state index contributed by atoms with van der Waals surface area (Å²) in [6, 6.07) is 12.6. The molecule has 172 valence electrons. The van der Waals surface area contributed by atoms with Crippen molar-refractivity contribution in [2.45, 2.75) is 31.7 Å². The third-order valence-corrected chi connectivity index (χ3v) is 6.05. The first-order valence-electron chi connectivity index (χ1n) is 10.7. The van der Waals surface area contributed by atoms with Crippen LogP contribution in [0.15, 0.2) is 42.5 Å². The summed E-state index contributed by atoms with van der Waals surface area (Å²) in [5.74, 6) is -0.965. The molecule has 2 aromatic carbocycles. The Hall–Kier alpha value is -3.88. The predicted molar refractivity (Wildman–Crippen MR) is 121 cm³/mol. The number of ether oxygens (including phenoxy) is 1. The SMILES string of the molecule is COc1ccc(C)cc1NC(=O)CNC(=O)CN1C(=O)NC2(CCc3ccccc3C2)C1=O.